The Morgan fingerprint density at radius 3 is 2.71 bits per heavy atom. The van der Waals surface area contributed by atoms with E-state index in [-0.39, 0.29) is 50.0 Å². The number of nitrogens with two attached hydrogens (primary N) is 1. The van der Waals surface area contributed by atoms with Gasteiger partial charge < -0.3 is 40.0 Å². The summed E-state index contributed by atoms with van der Waals surface area (Å²) in [5.41, 5.74) is 8.65. The lowest BCUT2D eigenvalue weighted by atomic mass is 10.1. The minimum absolute atomic E-state index is 0.0302. The average Bonchev–Trinajstić information content (AvgIpc) is 3.73. The molecule has 1 aliphatic rings. The number of carbonyl (C=O) groups is 3. The molecule has 17 nitrogen and oxygen atoms in total. The van der Waals surface area contributed by atoms with Crippen LogP contribution in [-0.4, -0.2) is 108 Å². The first kappa shape index (κ1) is 33.6. The molecule has 0 aliphatic carbocycles. The molecule has 0 bridgehead atoms. The summed E-state index contributed by atoms with van der Waals surface area (Å²) in [4.78, 5) is 48.7. The van der Waals surface area contributed by atoms with E-state index in [0.29, 0.717) is 35.3 Å². The van der Waals surface area contributed by atoms with E-state index in [0.717, 1.165) is 5.56 Å². The van der Waals surface area contributed by atoms with Crippen LogP contribution in [0.3, 0.4) is 0 Å². The minimum Gasteiger partial charge on any atom is -0.479 e. The molecule has 3 aromatic heterocycles. The van der Waals surface area contributed by atoms with Gasteiger partial charge >= 0.3 is 18.1 Å². The fourth-order valence-electron chi connectivity index (χ4n) is 5.07. The number of aromatic nitrogens is 5. The first-order valence-electron chi connectivity index (χ1n) is 15.0. The Morgan fingerprint density at radius 1 is 1.17 bits per heavy atom. The number of nitrogen functional groups attached to an aromatic ring is 1. The number of hydrogen-bond donors (Lipinski definition) is 3. The molecule has 1 aromatic carbocycles. The van der Waals surface area contributed by atoms with Gasteiger partial charge in [0.1, 0.15) is 18.7 Å². The van der Waals surface area contributed by atoms with Gasteiger partial charge in [-0.2, -0.15) is 10.4 Å². The van der Waals surface area contributed by atoms with Gasteiger partial charge in [0, 0.05) is 63.4 Å². The summed E-state index contributed by atoms with van der Waals surface area (Å²) >= 11 is 0. The lowest BCUT2D eigenvalue weighted by molar-refractivity contribution is -0.195. The highest BCUT2D eigenvalue weighted by atomic mass is 16.7. The van der Waals surface area contributed by atoms with Crippen LogP contribution < -0.4 is 10.5 Å². The van der Waals surface area contributed by atoms with Gasteiger partial charge in [0.25, 0.3) is 0 Å². The SMILES string of the molecule is CN(CCN(C)C(=O)n1ccc2c(-c3cnn(CCC#N)c3)ncnc21)C(=O)OCc1ccc(OC2CC(O)CC(C(=O)O)O2)c(N)c1. The van der Waals surface area contributed by atoms with Crippen LogP contribution in [0.1, 0.15) is 24.8 Å². The van der Waals surface area contributed by atoms with Crippen LogP contribution in [-0.2, 0) is 27.4 Å². The molecule has 1 aliphatic heterocycles. The fraction of sp³-hybridized carbons (Fsp3) is 0.387. The third-order valence-corrected chi connectivity index (χ3v) is 7.69. The third kappa shape index (κ3) is 7.79. The monoisotopic (exact) mass is 661 g/mol. The second-order valence-corrected chi connectivity index (χ2v) is 11.2. The van der Waals surface area contributed by atoms with Crippen LogP contribution >= 0.6 is 0 Å². The van der Waals surface area contributed by atoms with E-state index >= 15 is 0 Å². The second-order valence-electron chi connectivity index (χ2n) is 11.2. The maximum absolute atomic E-state index is 13.3. The predicted molar refractivity (Wildman–Crippen MR) is 168 cm³/mol. The third-order valence-electron chi connectivity index (χ3n) is 7.69. The highest BCUT2D eigenvalue weighted by molar-refractivity contribution is 5.96. The number of hydrogen-bond acceptors (Lipinski definition) is 12. The highest BCUT2D eigenvalue weighted by Gasteiger charge is 2.34. The van der Waals surface area contributed by atoms with E-state index in [1.807, 2.05) is 0 Å². The number of carbonyl (C=O) groups excluding carboxylic acids is 2. The van der Waals surface area contributed by atoms with Crippen molar-refractivity contribution in [3.05, 3.63) is 54.7 Å². The molecule has 3 atom stereocenters. The summed E-state index contributed by atoms with van der Waals surface area (Å²) in [5, 5.41) is 32.9. The molecular formula is C31H35N9O8. The largest absolute Gasteiger partial charge is 0.479 e. The number of rotatable bonds is 11. The number of aliphatic hydroxyl groups excluding tert-OH is 1. The molecule has 1 saturated heterocycles. The van der Waals surface area contributed by atoms with Crippen molar-refractivity contribution in [1.29, 1.82) is 5.26 Å². The van der Waals surface area contributed by atoms with E-state index in [1.165, 1.54) is 20.7 Å². The van der Waals surface area contributed by atoms with Gasteiger partial charge in [-0.15, -0.1) is 0 Å². The van der Waals surface area contributed by atoms with Gasteiger partial charge in [-0.3, -0.25) is 9.25 Å². The molecule has 4 heterocycles. The molecule has 252 valence electrons. The molecule has 0 radical (unpaired) electrons. The number of anilines is 1. The van der Waals surface area contributed by atoms with Gasteiger partial charge in [0.15, 0.2) is 11.8 Å². The van der Waals surface area contributed by atoms with Gasteiger partial charge in [-0.1, -0.05) is 6.07 Å². The number of benzene rings is 1. The van der Waals surface area contributed by atoms with Crippen molar-refractivity contribution in [1.82, 2.24) is 34.1 Å². The lowest BCUT2D eigenvalue weighted by Gasteiger charge is -2.31. The topological polar surface area (TPSA) is 224 Å². The molecule has 4 N–H and O–H groups in total. The highest BCUT2D eigenvalue weighted by Crippen LogP contribution is 2.29. The molecule has 1 fully saturated rings. The average molecular weight is 662 g/mol. The second kappa shape index (κ2) is 14.8. The summed E-state index contributed by atoms with van der Waals surface area (Å²) < 4.78 is 19.5. The maximum atomic E-state index is 13.3. The number of aryl methyl sites for hydroxylation is 1. The van der Waals surface area contributed by atoms with Crippen molar-refractivity contribution in [2.75, 3.05) is 32.9 Å². The zero-order chi connectivity index (χ0) is 34.4. The molecule has 0 saturated carbocycles. The van der Waals surface area contributed by atoms with Crippen molar-refractivity contribution >= 4 is 34.8 Å². The van der Waals surface area contributed by atoms with Gasteiger partial charge in [0.2, 0.25) is 6.29 Å². The number of fused-ring (bicyclic) bond motifs is 1. The molecule has 48 heavy (non-hydrogen) atoms. The Bertz CT molecular complexity index is 1830. The number of ether oxygens (including phenoxy) is 3. The number of nitrogens with zero attached hydrogens (tertiary/aromatic N) is 8. The van der Waals surface area contributed by atoms with Crippen molar-refractivity contribution in [3.8, 4) is 23.1 Å². The first-order chi connectivity index (χ1) is 23.0. The number of aliphatic hydroxyl groups is 1. The molecule has 3 unspecified atom stereocenters. The quantitative estimate of drug-likeness (QED) is 0.196. The smallest absolute Gasteiger partial charge is 0.409 e. The first-order valence-corrected chi connectivity index (χ1v) is 15.0. The van der Waals surface area contributed by atoms with E-state index in [4.69, 9.17) is 25.2 Å². The number of amides is 2. The van der Waals surface area contributed by atoms with Gasteiger partial charge in [0.05, 0.1) is 42.7 Å². The normalized spacial score (nSPS) is 17.4. The Hall–Kier alpha value is -5.73. The zero-order valence-corrected chi connectivity index (χ0v) is 26.3. The Morgan fingerprint density at radius 2 is 1.96 bits per heavy atom. The van der Waals surface area contributed by atoms with E-state index in [1.54, 1.807) is 61.6 Å². The Kier molecular flexibility index (Phi) is 10.4. The predicted octanol–water partition coefficient (Wildman–Crippen LogP) is 2.29. The van der Waals surface area contributed by atoms with Crippen LogP contribution in [0.4, 0.5) is 15.3 Å². The van der Waals surface area contributed by atoms with Crippen molar-refractivity contribution < 1.29 is 38.8 Å². The molecule has 5 rings (SSSR count). The van der Waals surface area contributed by atoms with Crippen LogP contribution in [0.2, 0.25) is 0 Å². The Labute approximate surface area is 274 Å². The van der Waals surface area contributed by atoms with E-state index < -0.39 is 30.6 Å². The molecule has 0 spiro atoms. The maximum Gasteiger partial charge on any atom is 0.409 e. The van der Waals surface area contributed by atoms with Crippen molar-refractivity contribution in [3.63, 3.8) is 0 Å². The van der Waals surface area contributed by atoms with Crippen molar-refractivity contribution in [2.24, 2.45) is 0 Å². The van der Waals surface area contributed by atoms with Crippen LogP contribution in [0.5, 0.6) is 5.75 Å². The zero-order valence-electron chi connectivity index (χ0n) is 26.3. The fourth-order valence-corrected chi connectivity index (χ4v) is 5.07. The molecule has 2 amide bonds. The van der Waals surface area contributed by atoms with Crippen LogP contribution in [0.25, 0.3) is 22.3 Å². The molecule has 4 aromatic rings. The standard InChI is InChI=1S/C31H35N9O8/c1-37(30(44)40-9-6-22-27(34-18-35-28(22)40)20-15-36-39(16-20)8-3-7-32)10-11-38(2)31(45)46-17-19-4-5-24(23(33)12-19)47-26-14-21(41)13-25(48-26)29(42)43/h4-6,9,12,15-16,18,21,25-26,41H,3,8,10-11,13-14,17,33H2,1-2H3,(H,42,43). The molecule has 17 heteroatoms. The summed E-state index contributed by atoms with van der Waals surface area (Å²) in [6.07, 6.45) is 3.14. The van der Waals surface area contributed by atoms with E-state index in [9.17, 15) is 24.6 Å². The summed E-state index contributed by atoms with van der Waals surface area (Å²) in [6.45, 7) is 0.753. The number of aliphatic carboxylic acids is 1. The number of nitriles is 1. The summed E-state index contributed by atoms with van der Waals surface area (Å²) in [5.74, 6) is -0.954. The van der Waals surface area contributed by atoms with Gasteiger partial charge in [-0.25, -0.2) is 24.4 Å². The van der Waals surface area contributed by atoms with Gasteiger partial charge in [-0.05, 0) is 23.8 Å². The number of likely N-dealkylation sites (N-methyl/N-ethyl adjacent to an activating group) is 2. The van der Waals surface area contributed by atoms with Crippen LogP contribution in [0.15, 0.2) is 49.2 Å². The van der Waals surface area contributed by atoms with Crippen molar-refractivity contribution in [2.45, 2.75) is 50.9 Å². The number of carboxylic acid groups (broad SMARTS) is 1. The van der Waals surface area contributed by atoms with E-state index in [2.05, 4.69) is 21.1 Å². The summed E-state index contributed by atoms with van der Waals surface area (Å²) in [7, 11) is 3.16. The number of carboxylic acids is 1. The van der Waals surface area contributed by atoms with Crippen LogP contribution in [0, 0.1) is 11.3 Å². The summed E-state index contributed by atoms with van der Waals surface area (Å²) in [6, 6.07) is 8.22. The lowest BCUT2D eigenvalue weighted by Crippen LogP contribution is -2.42. The Balaban J connectivity index is 1.12. The minimum atomic E-state index is -1.19. The molecular weight excluding hydrogens is 626 g/mol.